The van der Waals surface area contributed by atoms with Gasteiger partial charge in [-0.1, -0.05) is 12.1 Å². The summed E-state index contributed by atoms with van der Waals surface area (Å²) in [6.07, 6.45) is 1.91. The molecule has 0 radical (unpaired) electrons. The molecular weight excluding hydrogens is 190 g/mol. The monoisotopic (exact) mass is 205 g/mol. The fourth-order valence-corrected chi connectivity index (χ4v) is 2.08. The van der Waals surface area contributed by atoms with Crippen LogP contribution in [0.25, 0.3) is 0 Å². The maximum absolute atomic E-state index is 11.9. The van der Waals surface area contributed by atoms with Gasteiger partial charge in [-0.05, 0) is 30.5 Å². The van der Waals surface area contributed by atoms with Gasteiger partial charge in [0.25, 0.3) is 0 Å². The number of aromatic hydroxyl groups is 1. The number of carbonyl (C=O) groups is 1. The van der Waals surface area contributed by atoms with Gasteiger partial charge in [-0.3, -0.25) is 4.79 Å². The van der Waals surface area contributed by atoms with Crippen molar-refractivity contribution in [1.82, 2.24) is 4.90 Å². The van der Waals surface area contributed by atoms with E-state index in [2.05, 4.69) is 0 Å². The van der Waals surface area contributed by atoms with Crippen LogP contribution >= 0.6 is 0 Å². The Kier molecular flexibility index (Phi) is 2.62. The van der Waals surface area contributed by atoms with Crippen molar-refractivity contribution < 1.29 is 9.90 Å². The maximum atomic E-state index is 11.9. The molecule has 3 heteroatoms. The second-order valence-corrected chi connectivity index (χ2v) is 4.05. The van der Waals surface area contributed by atoms with E-state index in [1.165, 1.54) is 0 Å². The van der Waals surface area contributed by atoms with Crippen molar-refractivity contribution in [3.05, 3.63) is 29.8 Å². The molecular formula is C12H15NO2. The lowest BCUT2D eigenvalue weighted by atomic mass is 9.90. The SMILES string of the molecule is CN1CCCC(c2cccc(O)c2)C1=O. The van der Waals surface area contributed by atoms with Gasteiger partial charge >= 0.3 is 0 Å². The molecule has 15 heavy (non-hydrogen) atoms. The molecule has 2 rings (SSSR count). The first-order valence-electron chi connectivity index (χ1n) is 5.22. The minimum absolute atomic E-state index is 0.0733. The van der Waals surface area contributed by atoms with Crippen molar-refractivity contribution in [2.24, 2.45) is 0 Å². The van der Waals surface area contributed by atoms with Gasteiger partial charge < -0.3 is 10.0 Å². The summed E-state index contributed by atoms with van der Waals surface area (Å²) in [6.45, 7) is 0.841. The number of piperidine rings is 1. The third-order valence-electron chi connectivity index (χ3n) is 2.93. The van der Waals surface area contributed by atoms with E-state index in [1.807, 2.05) is 13.1 Å². The van der Waals surface area contributed by atoms with Gasteiger partial charge in [-0.15, -0.1) is 0 Å². The van der Waals surface area contributed by atoms with Crippen LogP contribution in [-0.4, -0.2) is 29.5 Å². The van der Waals surface area contributed by atoms with Crippen molar-refractivity contribution in [2.45, 2.75) is 18.8 Å². The number of hydrogen-bond donors (Lipinski definition) is 1. The van der Waals surface area contributed by atoms with Crippen LogP contribution in [-0.2, 0) is 4.79 Å². The minimum atomic E-state index is -0.0733. The Morgan fingerprint density at radius 1 is 1.47 bits per heavy atom. The molecule has 1 aromatic carbocycles. The second-order valence-electron chi connectivity index (χ2n) is 4.05. The lowest BCUT2D eigenvalue weighted by Crippen LogP contribution is -2.36. The van der Waals surface area contributed by atoms with E-state index in [9.17, 15) is 9.90 Å². The number of amides is 1. The Morgan fingerprint density at radius 3 is 3.00 bits per heavy atom. The normalized spacial score (nSPS) is 21.8. The first kappa shape index (κ1) is 10.0. The predicted octanol–water partition coefficient (Wildman–Crippen LogP) is 1.73. The Hall–Kier alpha value is -1.51. The molecule has 1 unspecified atom stereocenters. The van der Waals surface area contributed by atoms with E-state index in [0.717, 1.165) is 24.9 Å². The topological polar surface area (TPSA) is 40.5 Å². The zero-order valence-electron chi connectivity index (χ0n) is 8.81. The highest BCUT2D eigenvalue weighted by Crippen LogP contribution is 2.29. The number of phenolic OH excluding ortho intramolecular Hbond substituents is 1. The smallest absolute Gasteiger partial charge is 0.229 e. The zero-order valence-corrected chi connectivity index (χ0v) is 8.81. The Bertz CT molecular complexity index is 376. The van der Waals surface area contributed by atoms with Gasteiger partial charge in [0, 0.05) is 13.6 Å². The number of carbonyl (C=O) groups excluding carboxylic acids is 1. The van der Waals surface area contributed by atoms with E-state index in [-0.39, 0.29) is 17.6 Å². The number of hydrogen-bond acceptors (Lipinski definition) is 2. The Balaban J connectivity index is 2.26. The van der Waals surface area contributed by atoms with Crippen LogP contribution in [0.15, 0.2) is 24.3 Å². The minimum Gasteiger partial charge on any atom is -0.508 e. The summed E-state index contributed by atoms with van der Waals surface area (Å²) in [4.78, 5) is 13.6. The number of likely N-dealkylation sites (N-methyl/N-ethyl adjacent to an activating group) is 1. The quantitative estimate of drug-likeness (QED) is 0.758. The van der Waals surface area contributed by atoms with E-state index in [4.69, 9.17) is 0 Å². The molecule has 1 heterocycles. The molecule has 80 valence electrons. The fourth-order valence-electron chi connectivity index (χ4n) is 2.08. The van der Waals surface area contributed by atoms with E-state index in [0.29, 0.717) is 0 Å². The first-order valence-corrected chi connectivity index (χ1v) is 5.22. The highest BCUT2D eigenvalue weighted by molar-refractivity contribution is 5.84. The third kappa shape index (κ3) is 1.96. The average Bonchev–Trinajstić information content (AvgIpc) is 2.22. The summed E-state index contributed by atoms with van der Waals surface area (Å²) in [7, 11) is 1.83. The summed E-state index contributed by atoms with van der Waals surface area (Å²) in [5, 5.41) is 9.37. The molecule has 0 spiro atoms. The second kappa shape index (κ2) is 3.93. The standard InChI is InChI=1S/C12H15NO2/c1-13-7-3-6-11(12(13)15)9-4-2-5-10(14)8-9/h2,4-5,8,11,14H,3,6-7H2,1H3. The molecule has 0 saturated carbocycles. The highest BCUT2D eigenvalue weighted by atomic mass is 16.3. The van der Waals surface area contributed by atoms with Gasteiger partial charge in [-0.2, -0.15) is 0 Å². The predicted molar refractivity (Wildman–Crippen MR) is 57.7 cm³/mol. The van der Waals surface area contributed by atoms with Gasteiger partial charge in [-0.25, -0.2) is 0 Å². The molecule has 1 atom stereocenters. The molecule has 0 aromatic heterocycles. The number of nitrogens with zero attached hydrogens (tertiary/aromatic N) is 1. The summed E-state index contributed by atoms with van der Waals surface area (Å²) in [5.74, 6) is 0.316. The molecule has 1 aliphatic rings. The van der Waals surface area contributed by atoms with Crippen molar-refractivity contribution in [3.63, 3.8) is 0 Å². The summed E-state index contributed by atoms with van der Waals surface area (Å²) < 4.78 is 0. The average molecular weight is 205 g/mol. The number of rotatable bonds is 1. The lowest BCUT2D eigenvalue weighted by molar-refractivity contribution is -0.133. The van der Waals surface area contributed by atoms with E-state index < -0.39 is 0 Å². The van der Waals surface area contributed by atoms with Crippen LogP contribution < -0.4 is 0 Å². The van der Waals surface area contributed by atoms with Gasteiger partial charge in [0.2, 0.25) is 5.91 Å². The van der Waals surface area contributed by atoms with E-state index >= 15 is 0 Å². The van der Waals surface area contributed by atoms with Crippen molar-refractivity contribution >= 4 is 5.91 Å². The molecule has 0 bridgehead atoms. The molecule has 1 aromatic rings. The van der Waals surface area contributed by atoms with Crippen LogP contribution in [0.1, 0.15) is 24.3 Å². The van der Waals surface area contributed by atoms with E-state index in [1.54, 1.807) is 23.1 Å². The summed E-state index contributed by atoms with van der Waals surface area (Å²) in [6, 6.07) is 7.00. The molecule has 0 aliphatic carbocycles. The van der Waals surface area contributed by atoms with Crippen LogP contribution in [0, 0.1) is 0 Å². The summed E-state index contributed by atoms with van der Waals surface area (Å²) >= 11 is 0. The van der Waals surface area contributed by atoms with Gasteiger partial charge in [0.15, 0.2) is 0 Å². The lowest BCUT2D eigenvalue weighted by Gasteiger charge is -2.29. The number of benzene rings is 1. The maximum Gasteiger partial charge on any atom is 0.229 e. The Labute approximate surface area is 89.3 Å². The molecule has 1 aliphatic heterocycles. The highest BCUT2D eigenvalue weighted by Gasteiger charge is 2.27. The molecule has 1 fully saturated rings. The summed E-state index contributed by atoms with van der Waals surface area (Å²) in [5.41, 5.74) is 0.923. The molecule has 1 N–H and O–H groups in total. The first-order chi connectivity index (χ1) is 7.18. The third-order valence-corrected chi connectivity index (χ3v) is 2.93. The fraction of sp³-hybridized carbons (Fsp3) is 0.417. The van der Waals surface area contributed by atoms with Gasteiger partial charge in [0.1, 0.15) is 5.75 Å². The Morgan fingerprint density at radius 2 is 2.27 bits per heavy atom. The van der Waals surface area contributed by atoms with Crippen LogP contribution in [0.5, 0.6) is 5.75 Å². The number of likely N-dealkylation sites (tertiary alicyclic amines) is 1. The van der Waals surface area contributed by atoms with Crippen molar-refractivity contribution in [2.75, 3.05) is 13.6 Å². The molecule has 1 saturated heterocycles. The van der Waals surface area contributed by atoms with Crippen LogP contribution in [0.2, 0.25) is 0 Å². The molecule has 1 amide bonds. The zero-order chi connectivity index (χ0) is 10.8. The van der Waals surface area contributed by atoms with Crippen LogP contribution in [0.3, 0.4) is 0 Å². The molecule has 3 nitrogen and oxygen atoms in total. The largest absolute Gasteiger partial charge is 0.508 e. The number of phenols is 1. The van der Waals surface area contributed by atoms with Gasteiger partial charge in [0.05, 0.1) is 5.92 Å². The van der Waals surface area contributed by atoms with Crippen LogP contribution in [0.4, 0.5) is 0 Å². The van der Waals surface area contributed by atoms with Crippen molar-refractivity contribution in [1.29, 1.82) is 0 Å². The van der Waals surface area contributed by atoms with Crippen molar-refractivity contribution in [3.8, 4) is 5.75 Å².